The molecule has 0 aromatic carbocycles. The number of hydrogen-bond acceptors (Lipinski definition) is 9. The fourth-order valence-electron chi connectivity index (χ4n) is 3.76. The number of imidazole rings is 1. The van der Waals surface area contributed by atoms with E-state index in [1.807, 2.05) is 43.3 Å². The van der Waals surface area contributed by atoms with Gasteiger partial charge in [0.15, 0.2) is 5.65 Å². The van der Waals surface area contributed by atoms with Crippen molar-refractivity contribution >= 4 is 22.7 Å². The zero-order valence-electron chi connectivity index (χ0n) is 18.8. The number of fused-ring (bicyclic) bond motifs is 1. The van der Waals surface area contributed by atoms with Crippen molar-refractivity contribution in [3.8, 4) is 17.1 Å². The molecule has 5 rings (SSSR count). The SMILES string of the molecule is COc1ccc(N(Cc2cnc(N)c(-c3nc(C)nc4nc[nH]c34)c2)Cc2ccccn2)cn1. The number of aryl methyl sites for hydroxylation is 1. The third-order valence-electron chi connectivity index (χ3n) is 5.38. The predicted molar refractivity (Wildman–Crippen MR) is 129 cm³/mol. The van der Waals surface area contributed by atoms with Gasteiger partial charge in [-0.25, -0.2) is 24.9 Å². The molecule has 0 atom stereocenters. The summed E-state index contributed by atoms with van der Waals surface area (Å²) in [5.74, 6) is 1.56. The Labute approximate surface area is 195 Å². The number of ether oxygens (including phenoxy) is 1. The summed E-state index contributed by atoms with van der Waals surface area (Å²) in [4.78, 5) is 31.9. The molecule has 5 heterocycles. The number of aromatic amines is 1. The fraction of sp³-hybridized carbons (Fsp3) is 0.167. The Hall–Kier alpha value is -4.60. The maximum Gasteiger partial charge on any atom is 0.213 e. The Bertz CT molecular complexity index is 1420. The van der Waals surface area contributed by atoms with Crippen LogP contribution in [0.4, 0.5) is 11.5 Å². The van der Waals surface area contributed by atoms with E-state index in [1.165, 1.54) is 0 Å². The largest absolute Gasteiger partial charge is 0.481 e. The van der Waals surface area contributed by atoms with Crippen LogP contribution >= 0.6 is 0 Å². The molecule has 0 radical (unpaired) electrons. The molecular formula is C24H23N9O. The average molecular weight is 454 g/mol. The van der Waals surface area contributed by atoms with Crippen molar-refractivity contribution in [1.82, 2.24) is 34.9 Å². The van der Waals surface area contributed by atoms with Gasteiger partial charge in [-0.1, -0.05) is 6.07 Å². The van der Waals surface area contributed by atoms with Crippen LogP contribution in [0.3, 0.4) is 0 Å². The van der Waals surface area contributed by atoms with E-state index in [9.17, 15) is 0 Å². The molecule has 0 fully saturated rings. The highest BCUT2D eigenvalue weighted by molar-refractivity contribution is 5.90. The quantitative estimate of drug-likeness (QED) is 0.381. The number of nitrogens with one attached hydrogen (secondary N) is 1. The molecule has 10 heteroatoms. The second kappa shape index (κ2) is 9.10. The van der Waals surface area contributed by atoms with Crippen LogP contribution in [0.15, 0.2) is 61.3 Å². The van der Waals surface area contributed by atoms with Gasteiger partial charge in [-0.05, 0) is 36.8 Å². The minimum absolute atomic E-state index is 0.389. The lowest BCUT2D eigenvalue weighted by atomic mass is 10.1. The number of anilines is 2. The summed E-state index contributed by atoms with van der Waals surface area (Å²) >= 11 is 0. The number of H-pyrrole nitrogens is 1. The molecule has 10 nitrogen and oxygen atoms in total. The van der Waals surface area contributed by atoms with E-state index in [2.05, 4.69) is 39.8 Å². The summed E-state index contributed by atoms with van der Waals surface area (Å²) < 4.78 is 5.22. The summed E-state index contributed by atoms with van der Waals surface area (Å²) in [5.41, 5.74) is 11.8. The highest BCUT2D eigenvalue weighted by atomic mass is 16.5. The first-order valence-electron chi connectivity index (χ1n) is 10.7. The lowest BCUT2D eigenvalue weighted by Gasteiger charge is -2.25. The first-order chi connectivity index (χ1) is 16.6. The number of pyridine rings is 3. The monoisotopic (exact) mass is 453 g/mol. The Morgan fingerprint density at radius 2 is 1.91 bits per heavy atom. The van der Waals surface area contributed by atoms with Crippen LogP contribution in [0.2, 0.25) is 0 Å². The van der Waals surface area contributed by atoms with Gasteiger partial charge in [0, 0.05) is 30.6 Å². The third-order valence-corrected chi connectivity index (χ3v) is 5.38. The summed E-state index contributed by atoms with van der Waals surface area (Å²) in [7, 11) is 1.60. The normalized spacial score (nSPS) is 11.0. The molecule has 0 saturated carbocycles. The lowest BCUT2D eigenvalue weighted by molar-refractivity contribution is 0.398. The van der Waals surface area contributed by atoms with Crippen LogP contribution < -0.4 is 15.4 Å². The van der Waals surface area contributed by atoms with Crippen molar-refractivity contribution in [2.45, 2.75) is 20.0 Å². The van der Waals surface area contributed by atoms with Crippen LogP contribution in [0.25, 0.3) is 22.4 Å². The maximum atomic E-state index is 6.28. The van der Waals surface area contributed by atoms with Crippen molar-refractivity contribution in [3.63, 3.8) is 0 Å². The fourth-order valence-corrected chi connectivity index (χ4v) is 3.76. The van der Waals surface area contributed by atoms with Crippen LogP contribution in [0, 0.1) is 6.92 Å². The highest BCUT2D eigenvalue weighted by Crippen LogP contribution is 2.29. The number of aromatic nitrogens is 7. The second-order valence-electron chi connectivity index (χ2n) is 7.73. The molecular weight excluding hydrogens is 430 g/mol. The van der Waals surface area contributed by atoms with Crippen LogP contribution in [0.1, 0.15) is 17.1 Å². The van der Waals surface area contributed by atoms with Gasteiger partial charge in [-0.2, -0.15) is 0 Å². The Morgan fingerprint density at radius 1 is 1.00 bits per heavy atom. The molecule has 0 aliphatic carbocycles. The molecule has 3 N–H and O–H groups in total. The summed E-state index contributed by atoms with van der Waals surface area (Å²) in [6, 6.07) is 11.7. The molecule has 34 heavy (non-hydrogen) atoms. The van der Waals surface area contributed by atoms with E-state index in [4.69, 9.17) is 10.5 Å². The minimum atomic E-state index is 0.389. The van der Waals surface area contributed by atoms with Crippen LogP contribution in [-0.4, -0.2) is 42.0 Å². The van der Waals surface area contributed by atoms with E-state index in [-0.39, 0.29) is 0 Å². The van der Waals surface area contributed by atoms with Crippen LogP contribution in [0.5, 0.6) is 5.88 Å². The van der Waals surface area contributed by atoms with Crippen molar-refractivity contribution in [3.05, 3.63) is 78.4 Å². The van der Waals surface area contributed by atoms with Crippen molar-refractivity contribution in [1.29, 1.82) is 0 Å². The van der Waals surface area contributed by atoms with Gasteiger partial charge in [0.05, 0.1) is 37.6 Å². The third kappa shape index (κ3) is 4.33. The smallest absolute Gasteiger partial charge is 0.213 e. The number of methoxy groups -OCH3 is 1. The average Bonchev–Trinajstić information content (AvgIpc) is 3.33. The molecule has 0 bridgehead atoms. The molecule has 170 valence electrons. The number of hydrogen-bond donors (Lipinski definition) is 2. The minimum Gasteiger partial charge on any atom is -0.481 e. The van der Waals surface area contributed by atoms with Crippen molar-refractivity contribution in [2.75, 3.05) is 17.7 Å². The Kier molecular flexibility index (Phi) is 5.69. The zero-order valence-corrected chi connectivity index (χ0v) is 18.8. The number of rotatable bonds is 7. The summed E-state index contributed by atoms with van der Waals surface area (Å²) in [6.45, 7) is 2.98. The molecule has 0 saturated heterocycles. The van der Waals surface area contributed by atoms with Crippen molar-refractivity contribution in [2.24, 2.45) is 0 Å². The lowest BCUT2D eigenvalue weighted by Crippen LogP contribution is -2.23. The Morgan fingerprint density at radius 3 is 2.68 bits per heavy atom. The predicted octanol–water partition coefficient (Wildman–Crippen LogP) is 3.31. The molecule has 5 aromatic rings. The van der Waals surface area contributed by atoms with E-state index in [0.717, 1.165) is 28.0 Å². The van der Waals surface area contributed by atoms with E-state index >= 15 is 0 Å². The maximum absolute atomic E-state index is 6.28. The van der Waals surface area contributed by atoms with E-state index in [0.29, 0.717) is 42.0 Å². The molecule has 0 spiro atoms. The molecule has 5 aromatic heterocycles. The van der Waals surface area contributed by atoms with Gasteiger partial charge in [-0.15, -0.1) is 0 Å². The summed E-state index contributed by atoms with van der Waals surface area (Å²) in [5, 5.41) is 0. The van der Waals surface area contributed by atoms with E-state index in [1.54, 1.807) is 32.0 Å². The van der Waals surface area contributed by atoms with E-state index < -0.39 is 0 Å². The second-order valence-corrected chi connectivity index (χ2v) is 7.73. The zero-order chi connectivity index (χ0) is 23.5. The summed E-state index contributed by atoms with van der Waals surface area (Å²) in [6.07, 6.45) is 6.95. The molecule has 0 aliphatic heterocycles. The number of nitrogens with zero attached hydrogens (tertiary/aromatic N) is 7. The molecule has 0 unspecified atom stereocenters. The number of nitrogen functional groups attached to an aromatic ring is 1. The van der Waals surface area contributed by atoms with Gasteiger partial charge < -0.3 is 20.4 Å². The first-order valence-corrected chi connectivity index (χ1v) is 10.7. The topological polar surface area (TPSA) is 132 Å². The van der Waals surface area contributed by atoms with Gasteiger partial charge in [0.25, 0.3) is 0 Å². The standard InChI is InChI=1S/C24H23N9O/c1-15-31-21(22-24(32-15)30-14-29-22)19-9-16(10-28-23(19)25)12-33(13-17-5-3-4-8-26-17)18-6-7-20(34-2)27-11-18/h3-11,14H,12-13H2,1-2H3,(H2,25,28)(H,29,30,31,32). The van der Waals surface area contributed by atoms with Crippen molar-refractivity contribution < 1.29 is 4.74 Å². The number of nitrogens with two attached hydrogens (primary N) is 1. The van der Waals surface area contributed by atoms with Gasteiger partial charge in [0.2, 0.25) is 5.88 Å². The molecule has 0 amide bonds. The first kappa shape index (κ1) is 21.3. The highest BCUT2D eigenvalue weighted by Gasteiger charge is 2.16. The Balaban J connectivity index is 1.52. The van der Waals surface area contributed by atoms with Gasteiger partial charge in [-0.3, -0.25) is 4.98 Å². The van der Waals surface area contributed by atoms with Gasteiger partial charge >= 0.3 is 0 Å². The van der Waals surface area contributed by atoms with Gasteiger partial charge in [0.1, 0.15) is 22.9 Å². The van der Waals surface area contributed by atoms with Crippen LogP contribution in [-0.2, 0) is 13.1 Å². The molecule has 0 aliphatic rings.